The summed E-state index contributed by atoms with van der Waals surface area (Å²) in [5.41, 5.74) is 0.887. The first-order chi connectivity index (χ1) is 7.20. The first-order valence-corrected chi connectivity index (χ1v) is 6.31. The number of hydrogen-bond donors (Lipinski definition) is 0. The Morgan fingerprint density at radius 3 is 2.87 bits per heavy atom. The van der Waals surface area contributed by atoms with E-state index < -0.39 is 0 Å². The summed E-state index contributed by atoms with van der Waals surface area (Å²) < 4.78 is 13.6. The van der Waals surface area contributed by atoms with E-state index in [-0.39, 0.29) is 5.82 Å². The Labute approximate surface area is 104 Å². The summed E-state index contributed by atoms with van der Waals surface area (Å²) in [5.74, 6) is 0.191. The average molecular weight is 307 g/mol. The molecule has 15 heavy (non-hydrogen) atoms. The van der Waals surface area contributed by atoms with Crippen molar-refractivity contribution < 1.29 is 4.39 Å². The highest BCUT2D eigenvalue weighted by molar-refractivity contribution is 9.10. The molecule has 1 nitrogen and oxygen atoms in total. The zero-order valence-electron chi connectivity index (χ0n) is 7.51. The molecule has 0 fully saturated rings. The van der Waals surface area contributed by atoms with Crippen LogP contribution in [0.1, 0.15) is 4.88 Å². The molecule has 0 N–H and O–H groups in total. The van der Waals surface area contributed by atoms with Gasteiger partial charge in [0.25, 0.3) is 0 Å². The minimum Gasteiger partial charge on any atom is -0.244 e. The number of rotatable bonds is 2. The second-order valence-electron chi connectivity index (χ2n) is 2.89. The zero-order valence-corrected chi connectivity index (χ0v) is 10.7. The Bertz CT molecular complexity index is 486. The predicted octanol–water partition coefficient (Wildman–Crippen LogP) is 4.45. The van der Waals surface area contributed by atoms with Gasteiger partial charge in [0.15, 0.2) is 0 Å². The molecule has 0 amide bonds. The van der Waals surface area contributed by atoms with Gasteiger partial charge in [-0.15, -0.1) is 22.9 Å². The molecule has 2 rings (SSSR count). The van der Waals surface area contributed by atoms with Crippen LogP contribution in [0, 0.1) is 5.82 Å². The lowest BCUT2D eigenvalue weighted by atomic mass is 10.2. The SMILES string of the molecule is Fc1ccc(-c2ncc(CCl)s2)c(Br)c1. The number of aromatic nitrogens is 1. The van der Waals surface area contributed by atoms with Crippen molar-refractivity contribution in [3.63, 3.8) is 0 Å². The molecule has 78 valence electrons. The minimum atomic E-state index is -0.264. The van der Waals surface area contributed by atoms with Crippen LogP contribution in [-0.2, 0) is 5.88 Å². The second-order valence-corrected chi connectivity index (χ2v) is 5.13. The van der Waals surface area contributed by atoms with Crippen LogP contribution in [0.5, 0.6) is 0 Å². The Morgan fingerprint density at radius 1 is 1.47 bits per heavy atom. The smallest absolute Gasteiger partial charge is 0.124 e. The van der Waals surface area contributed by atoms with E-state index in [2.05, 4.69) is 20.9 Å². The van der Waals surface area contributed by atoms with Crippen LogP contribution < -0.4 is 0 Å². The van der Waals surface area contributed by atoms with Crippen LogP contribution in [0.3, 0.4) is 0 Å². The number of benzene rings is 1. The van der Waals surface area contributed by atoms with E-state index in [4.69, 9.17) is 11.6 Å². The highest BCUT2D eigenvalue weighted by Gasteiger charge is 2.08. The second kappa shape index (κ2) is 4.60. The fourth-order valence-electron chi connectivity index (χ4n) is 1.16. The summed E-state index contributed by atoms with van der Waals surface area (Å²) in [5, 5.41) is 0.845. The molecule has 0 saturated carbocycles. The van der Waals surface area contributed by atoms with Gasteiger partial charge < -0.3 is 0 Å². The van der Waals surface area contributed by atoms with Crippen LogP contribution in [0.25, 0.3) is 10.6 Å². The molecule has 0 atom stereocenters. The van der Waals surface area contributed by atoms with Crippen molar-refractivity contribution in [2.75, 3.05) is 0 Å². The molecule has 1 aromatic heterocycles. The average Bonchev–Trinajstić information content (AvgIpc) is 2.66. The molecule has 0 aliphatic heterocycles. The maximum absolute atomic E-state index is 12.9. The van der Waals surface area contributed by atoms with Gasteiger partial charge in [-0.3, -0.25) is 0 Å². The van der Waals surface area contributed by atoms with Gasteiger partial charge in [0.2, 0.25) is 0 Å². The molecule has 0 unspecified atom stereocenters. The standard InChI is InChI=1S/C10H6BrClFNS/c11-9-3-6(13)1-2-8(9)10-14-5-7(4-12)15-10/h1-3,5H,4H2. The highest BCUT2D eigenvalue weighted by Crippen LogP contribution is 2.32. The van der Waals surface area contributed by atoms with Crippen molar-refractivity contribution in [1.29, 1.82) is 0 Å². The Kier molecular flexibility index (Phi) is 3.38. The van der Waals surface area contributed by atoms with E-state index >= 15 is 0 Å². The molecular formula is C10H6BrClFNS. The molecular weight excluding hydrogens is 301 g/mol. The Balaban J connectivity index is 2.44. The molecule has 0 saturated heterocycles. The lowest BCUT2D eigenvalue weighted by Crippen LogP contribution is -1.80. The molecule has 0 radical (unpaired) electrons. The van der Waals surface area contributed by atoms with E-state index in [1.807, 2.05) is 0 Å². The first kappa shape index (κ1) is 11.0. The number of alkyl halides is 1. The van der Waals surface area contributed by atoms with Crippen LogP contribution in [0.4, 0.5) is 4.39 Å². The third-order valence-corrected chi connectivity index (χ3v) is 3.98. The molecule has 5 heteroatoms. The van der Waals surface area contributed by atoms with Crippen molar-refractivity contribution in [1.82, 2.24) is 4.98 Å². The fraction of sp³-hybridized carbons (Fsp3) is 0.100. The van der Waals surface area contributed by atoms with Gasteiger partial charge in [-0.2, -0.15) is 0 Å². The van der Waals surface area contributed by atoms with Gasteiger partial charge >= 0.3 is 0 Å². The fourth-order valence-corrected chi connectivity index (χ4v) is 2.86. The molecule has 1 aromatic carbocycles. The minimum absolute atomic E-state index is 0.264. The van der Waals surface area contributed by atoms with Gasteiger partial charge in [-0.05, 0) is 34.1 Å². The van der Waals surface area contributed by atoms with Crippen LogP contribution in [0.15, 0.2) is 28.9 Å². The summed E-state index contributed by atoms with van der Waals surface area (Å²) in [4.78, 5) is 5.23. The van der Waals surface area contributed by atoms with Gasteiger partial charge in [-0.25, -0.2) is 9.37 Å². The molecule has 1 heterocycles. The van der Waals surface area contributed by atoms with Gasteiger partial charge in [-0.1, -0.05) is 0 Å². The monoisotopic (exact) mass is 305 g/mol. The summed E-state index contributed by atoms with van der Waals surface area (Å²) in [6.07, 6.45) is 1.74. The van der Waals surface area contributed by atoms with E-state index in [0.29, 0.717) is 10.4 Å². The summed E-state index contributed by atoms with van der Waals surface area (Å²) in [6, 6.07) is 4.55. The summed E-state index contributed by atoms with van der Waals surface area (Å²) >= 11 is 10.5. The van der Waals surface area contributed by atoms with Crippen molar-refractivity contribution in [2.24, 2.45) is 0 Å². The van der Waals surface area contributed by atoms with Crippen LogP contribution in [0.2, 0.25) is 0 Å². The van der Waals surface area contributed by atoms with Crippen molar-refractivity contribution in [3.05, 3.63) is 39.6 Å². The third-order valence-electron chi connectivity index (χ3n) is 1.85. The Morgan fingerprint density at radius 2 is 2.27 bits per heavy atom. The van der Waals surface area contributed by atoms with Gasteiger partial charge in [0.05, 0.1) is 5.88 Å². The topological polar surface area (TPSA) is 12.9 Å². The zero-order chi connectivity index (χ0) is 10.8. The third kappa shape index (κ3) is 2.38. The quantitative estimate of drug-likeness (QED) is 0.747. The van der Waals surface area contributed by atoms with Crippen molar-refractivity contribution in [3.8, 4) is 10.6 Å². The van der Waals surface area contributed by atoms with E-state index in [9.17, 15) is 4.39 Å². The van der Waals surface area contributed by atoms with Crippen molar-refractivity contribution in [2.45, 2.75) is 5.88 Å². The maximum atomic E-state index is 12.9. The maximum Gasteiger partial charge on any atom is 0.124 e. The summed E-state index contributed by atoms with van der Waals surface area (Å²) in [6.45, 7) is 0. The number of halogens is 3. The molecule has 0 aliphatic carbocycles. The van der Waals surface area contributed by atoms with E-state index in [1.165, 1.54) is 23.5 Å². The predicted molar refractivity (Wildman–Crippen MR) is 64.8 cm³/mol. The molecule has 0 aliphatic rings. The molecule has 2 aromatic rings. The lowest BCUT2D eigenvalue weighted by molar-refractivity contribution is 0.627. The van der Waals surface area contributed by atoms with E-state index in [1.54, 1.807) is 12.3 Å². The normalized spacial score (nSPS) is 10.6. The first-order valence-electron chi connectivity index (χ1n) is 4.17. The lowest BCUT2D eigenvalue weighted by Gasteiger charge is -1.99. The molecule has 0 spiro atoms. The van der Waals surface area contributed by atoms with Crippen LogP contribution >= 0.6 is 38.9 Å². The van der Waals surface area contributed by atoms with Gasteiger partial charge in [0.1, 0.15) is 10.8 Å². The Hall–Kier alpha value is -0.450. The highest BCUT2D eigenvalue weighted by atomic mass is 79.9. The summed E-state index contributed by atoms with van der Waals surface area (Å²) in [7, 11) is 0. The van der Waals surface area contributed by atoms with E-state index in [0.717, 1.165) is 15.4 Å². The van der Waals surface area contributed by atoms with Gasteiger partial charge in [0, 0.05) is 21.1 Å². The van der Waals surface area contributed by atoms with Crippen LogP contribution in [-0.4, -0.2) is 4.98 Å². The largest absolute Gasteiger partial charge is 0.244 e. The molecule has 0 bridgehead atoms. The van der Waals surface area contributed by atoms with Crippen molar-refractivity contribution >= 4 is 38.9 Å². The number of thiazole rings is 1. The number of nitrogens with zero attached hydrogens (tertiary/aromatic N) is 1. The number of hydrogen-bond acceptors (Lipinski definition) is 2.